The van der Waals surface area contributed by atoms with Gasteiger partial charge in [-0.05, 0) is 29.5 Å². The maximum atomic E-state index is 7.12. The number of rotatable bonds is 0. The minimum atomic E-state index is -0.750. The number of fused-ring (bicyclic) bond motifs is 1. The van der Waals surface area contributed by atoms with Crippen LogP contribution in [0.1, 0.15) is 29.0 Å². The Kier molecular flexibility index (Phi) is 1.91. The molecule has 4 rings (SSSR count). The third-order valence-electron chi connectivity index (χ3n) is 2.65. The van der Waals surface area contributed by atoms with Crippen LogP contribution in [-0.4, -0.2) is 17.7 Å². The van der Waals surface area contributed by atoms with Crippen LogP contribution in [0.15, 0.2) is 18.2 Å². The van der Waals surface area contributed by atoms with Gasteiger partial charge >= 0.3 is 7.69 Å². The van der Waals surface area contributed by atoms with Crippen LogP contribution in [0.25, 0.3) is 0 Å². The van der Waals surface area contributed by atoms with Gasteiger partial charge < -0.3 is 10.0 Å². The van der Waals surface area contributed by atoms with Crippen molar-refractivity contribution in [1.29, 1.82) is 0 Å². The van der Waals surface area contributed by atoms with Gasteiger partial charge in [0.25, 0.3) is 0 Å². The second kappa shape index (κ2) is 2.92. The molecule has 1 unspecified atom stereocenters. The minimum absolute atomic E-state index is 0.750. The van der Waals surface area contributed by atoms with E-state index in [1.807, 2.05) is 0 Å². The van der Waals surface area contributed by atoms with E-state index in [1.165, 1.54) is 12.8 Å². The summed E-state index contributed by atoms with van der Waals surface area (Å²) in [5, 5.41) is 14.2. The van der Waals surface area contributed by atoms with E-state index in [-0.39, 0.29) is 0 Å². The van der Waals surface area contributed by atoms with Crippen LogP contribution < -0.4 is 0 Å². The Morgan fingerprint density at radius 1 is 1.33 bits per heavy atom. The van der Waals surface area contributed by atoms with Crippen LogP contribution in [0.3, 0.4) is 0 Å². The molecular formula is C9H11BO2. The standard InChI is InChI=1S/C9H8.BH3O2/c1-2-7-5-9-6(1)3-4-8(7)9;2-1-3/h1-2,5,8H,3-4H2;1-3H. The molecule has 0 radical (unpaired) electrons. The first-order chi connectivity index (χ1) is 5.86. The summed E-state index contributed by atoms with van der Waals surface area (Å²) in [5.74, 6) is 0.880. The fourth-order valence-corrected chi connectivity index (χ4v) is 2.09. The molecule has 12 heavy (non-hydrogen) atoms. The lowest BCUT2D eigenvalue weighted by Crippen LogP contribution is -2.05. The van der Waals surface area contributed by atoms with Gasteiger partial charge in [0.2, 0.25) is 0 Å². The molecule has 0 heterocycles. The quantitative estimate of drug-likeness (QED) is 0.539. The first kappa shape index (κ1) is 7.83. The Hall–Kier alpha value is -0.795. The van der Waals surface area contributed by atoms with Crippen molar-refractivity contribution in [2.24, 2.45) is 0 Å². The van der Waals surface area contributed by atoms with E-state index in [1.54, 1.807) is 16.7 Å². The monoisotopic (exact) mass is 162 g/mol. The normalized spacial score (nSPS) is 20.7. The third kappa shape index (κ3) is 0.975. The minimum Gasteiger partial charge on any atom is -0.430 e. The Bertz CT molecular complexity index is 290. The largest absolute Gasteiger partial charge is 0.432 e. The summed E-state index contributed by atoms with van der Waals surface area (Å²) in [7, 11) is -0.750. The summed E-state index contributed by atoms with van der Waals surface area (Å²) in [5.41, 5.74) is 4.83. The number of hydrogen-bond acceptors (Lipinski definition) is 2. The van der Waals surface area contributed by atoms with Gasteiger partial charge in [0, 0.05) is 5.92 Å². The summed E-state index contributed by atoms with van der Waals surface area (Å²) in [4.78, 5) is 0. The highest BCUT2D eigenvalue weighted by molar-refractivity contribution is 6.13. The molecule has 1 aromatic rings. The van der Waals surface area contributed by atoms with Crippen LogP contribution in [0.2, 0.25) is 0 Å². The van der Waals surface area contributed by atoms with Crippen molar-refractivity contribution in [1.82, 2.24) is 0 Å². The molecule has 62 valence electrons. The molecule has 0 fully saturated rings. The fraction of sp³-hybridized carbons (Fsp3) is 0.333. The number of aryl methyl sites for hydroxylation is 1. The van der Waals surface area contributed by atoms with E-state index in [0.717, 1.165) is 5.92 Å². The van der Waals surface area contributed by atoms with Crippen LogP contribution in [-0.2, 0) is 6.42 Å². The van der Waals surface area contributed by atoms with Crippen LogP contribution >= 0.6 is 0 Å². The zero-order chi connectivity index (χ0) is 8.55. The van der Waals surface area contributed by atoms with Crippen molar-refractivity contribution < 1.29 is 10.0 Å². The second-order valence-corrected chi connectivity index (χ2v) is 3.19. The van der Waals surface area contributed by atoms with Crippen molar-refractivity contribution in [3.8, 4) is 0 Å². The zero-order valence-electron chi connectivity index (χ0n) is 6.83. The third-order valence-corrected chi connectivity index (χ3v) is 2.65. The highest BCUT2D eigenvalue weighted by Crippen LogP contribution is 2.46. The topological polar surface area (TPSA) is 40.5 Å². The first-order valence-corrected chi connectivity index (χ1v) is 4.21. The average Bonchev–Trinajstić information content (AvgIpc) is 2.25. The molecule has 2 nitrogen and oxygen atoms in total. The van der Waals surface area contributed by atoms with Crippen molar-refractivity contribution in [3.63, 3.8) is 0 Å². The summed E-state index contributed by atoms with van der Waals surface area (Å²) < 4.78 is 0. The van der Waals surface area contributed by atoms with E-state index in [4.69, 9.17) is 10.0 Å². The van der Waals surface area contributed by atoms with Crippen molar-refractivity contribution >= 4 is 7.69 Å². The van der Waals surface area contributed by atoms with Gasteiger partial charge in [-0.1, -0.05) is 18.2 Å². The Morgan fingerprint density at radius 2 is 2.08 bits per heavy atom. The molecule has 0 saturated carbocycles. The highest BCUT2D eigenvalue weighted by Gasteiger charge is 2.31. The van der Waals surface area contributed by atoms with Crippen LogP contribution in [0.4, 0.5) is 0 Å². The molecule has 2 N–H and O–H groups in total. The molecule has 0 spiro atoms. The smallest absolute Gasteiger partial charge is 0.430 e. The molecule has 0 aliphatic heterocycles. The van der Waals surface area contributed by atoms with E-state index in [9.17, 15) is 0 Å². The van der Waals surface area contributed by atoms with E-state index in [2.05, 4.69) is 18.2 Å². The molecule has 0 saturated heterocycles. The molecule has 0 aromatic heterocycles. The molecule has 4 bridgehead atoms. The van der Waals surface area contributed by atoms with Gasteiger partial charge in [-0.2, -0.15) is 0 Å². The van der Waals surface area contributed by atoms with E-state index in [0.29, 0.717) is 0 Å². The van der Waals surface area contributed by atoms with Gasteiger partial charge in [-0.25, -0.2) is 0 Å². The lowest BCUT2D eigenvalue weighted by atomic mass is 9.82. The van der Waals surface area contributed by atoms with Crippen molar-refractivity contribution in [2.75, 3.05) is 0 Å². The van der Waals surface area contributed by atoms with Gasteiger partial charge in [0.15, 0.2) is 0 Å². The SMILES string of the molecule is OBO.c1cc2c3cc1C3CC2. The van der Waals surface area contributed by atoms with Crippen molar-refractivity contribution in [3.05, 3.63) is 34.9 Å². The lowest BCUT2D eigenvalue weighted by Gasteiger charge is -2.22. The maximum absolute atomic E-state index is 7.12. The number of benzene rings is 1. The van der Waals surface area contributed by atoms with E-state index < -0.39 is 7.69 Å². The molecule has 1 atom stereocenters. The zero-order valence-corrected chi connectivity index (χ0v) is 6.83. The van der Waals surface area contributed by atoms with Crippen molar-refractivity contribution in [2.45, 2.75) is 18.8 Å². The summed E-state index contributed by atoms with van der Waals surface area (Å²) in [6.45, 7) is 0. The summed E-state index contributed by atoms with van der Waals surface area (Å²) >= 11 is 0. The number of hydrogen-bond donors (Lipinski definition) is 2. The first-order valence-electron chi connectivity index (χ1n) is 4.21. The fourth-order valence-electron chi connectivity index (χ4n) is 2.09. The molecule has 3 aliphatic carbocycles. The Morgan fingerprint density at radius 3 is 2.58 bits per heavy atom. The average molecular weight is 162 g/mol. The predicted molar refractivity (Wildman–Crippen MR) is 48.2 cm³/mol. The summed E-state index contributed by atoms with van der Waals surface area (Å²) in [6, 6.07) is 6.90. The van der Waals surface area contributed by atoms with Gasteiger partial charge in [0.05, 0.1) is 0 Å². The van der Waals surface area contributed by atoms with Gasteiger partial charge in [-0.15, -0.1) is 0 Å². The second-order valence-electron chi connectivity index (χ2n) is 3.19. The Labute approximate surface area is 72.2 Å². The van der Waals surface area contributed by atoms with Crippen LogP contribution in [0, 0.1) is 0 Å². The molecule has 3 heteroatoms. The van der Waals surface area contributed by atoms with Gasteiger partial charge in [0.1, 0.15) is 0 Å². The maximum Gasteiger partial charge on any atom is 0.432 e. The van der Waals surface area contributed by atoms with E-state index >= 15 is 0 Å². The highest BCUT2D eigenvalue weighted by atomic mass is 16.4. The van der Waals surface area contributed by atoms with Crippen LogP contribution in [0.5, 0.6) is 0 Å². The lowest BCUT2D eigenvalue weighted by molar-refractivity contribution is 0.448. The molecule has 0 amide bonds. The summed E-state index contributed by atoms with van der Waals surface area (Å²) in [6.07, 6.45) is 2.72. The molecule has 1 aromatic carbocycles. The van der Waals surface area contributed by atoms with Gasteiger partial charge in [-0.3, -0.25) is 0 Å². The predicted octanol–water partition coefficient (Wildman–Crippen LogP) is 0.316. The molecule has 3 aliphatic rings. The molecular weight excluding hydrogens is 151 g/mol. The Balaban J connectivity index is 0.000000169.